The Labute approximate surface area is 260 Å². The summed E-state index contributed by atoms with van der Waals surface area (Å²) in [6.45, 7) is 5.81. The molecule has 0 aliphatic carbocycles. The molecule has 1 atom stereocenters. The molecule has 0 radical (unpaired) electrons. The summed E-state index contributed by atoms with van der Waals surface area (Å²) in [7, 11) is 2.38. The number of carbonyl (C=O) groups excluding carboxylic acids is 3. The fraction of sp³-hybridized carbons (Fsp3) is 0.324. The number of ether oxygens (including phenoxy) is 2. The second-order valence-electron chi connectivity index (χ2n) is 11.3. The Bertz CT molecular complexity index is 1900. The number of rotatable bonds is 12. The van der Waals surface area contributed by atoms with Crippen molar-refractivity contribution in [3.05, 3.63) is 100 Å². The van der Waals surface area contributed by atoms with Crippen LogP contribution in [0.1, 0.15) is 48.4 Å². The van der Waals surface area contributed by atoms with Crippen LogP contribution in [-0.2, 0) is 38.7 Å². The van der Waals surface area contributed by atoms with Crippen molar-refractivity contribution in [2.24, 2.45) is 5.92 Å². The van der Waals surface area contributed by atoms with Crippen LogP contribution < -0.4 is 11.0 Å². The molecule has 1 N–H and O–H groups in total. The minimum Gasteiger partial charge on any atom is -0.469 e. The summed E-state index contributed by atoms with van der Waals surface area (Å²) in [5.74, 6) is -0.602. The van der Waals surface area contributed by atoms with Crippen LogP contribution in [0.15, 0.2) is 77.6 Å². The summed E-state index contributed by atoms with van der Waals surface area (Å²) >= 11 is 0. The van der Waals surface area contributed by atoms with Gasteiger partial charge in [-0.2, -0.15) is 0 Å². The third-order valence-electron chi connectivity index (χ3n) is 7.83. The molecule has 0 saturated carbocycles. The van der Waals surface area contributed by atoms with Crippen LogP contribution in [0.4, 0.5) is 0 Å². The Morgan fingerprint density at radius 2 is 1.42 bits per heavy atom. The highest BCUT2D eigenvalue weighted by atomic mass is 16.5. The average molecular weight is 612 g/mol. The number of benzene rings is 3. The minimum absolute atomic E-state index is 0.163. The van der Waals surface area contributed by atoms with E-state index in [-0.39, 0.29) is 24.2 Å². The first-order chi connectivity index (χ1) is 21.7. The van der Waals surface area contributed by atoms with Crippen LogP contribution in [0, 0.1) is 5.92 Å². The van der Waals surface area contributed by atoms with Crippen molar-refractivity contribution in [3.8, 4) is 0 Å². The molecule has 1 amide bonds. The van der Waals surface area contributed by atoms with Gasteiger partial charge in [0.1, 0.15) is 11.9 Å². The molecule has 45 heavy (non-hydrogen) atoms. The van der Waals surface area contributed by atoms with Crippen LogP contribution in [0.2, 0.25) is 0 Å². The molecule has 0 fully saturated rings. The molecule has 0 unspecified atom stereocenters. The summed E-state index contributed by atoms with van der Waals surface area (Å²) in [4.78, 5) is 55.5. The van der Waals surface area contributed by atoms with Crippen LogP contribution in [0.3, 0.4) is 0 Å². The molecule has 11 nitrogen and oxygen atoms in total. The van der Waals surface area contributed by atoms with E-state index in [0.717, 1.165) is 46.4 Å². The number of nitrogens with zero attached hydrogens (tertiary/aromatic N) is 4. The van der Waals surface area contributed by atoms with Gasteiger partial charge in [0, 0.05) is 12.1 Å². The third kappa shape index (κ3) is 6.82. The van der Waals surface area contributed by atoms with Crippen LogP contribution >= 0.6 is 0 Å². The van der Waals surface area contributed by atoms with Crippen molar-refractivity contribution in [3.63, 3.8) is 0 Å². The number of methoxy groups -OCH3 is 2. The maximum Gasteiger partial charge on any atom is 0.329 e. The standard InChI is InChI=1S/C34H37N5O6/c1-22(2)17-18-37-27-10-6-5-9-25(27)35-30(37)21-39-29-12-8-7-11-28(29)38(34(39)43)20-23-13-15-24(16-14-23)32(41)36-26(33(42)45-4)19-31(40)44-3/h5-16,22,26H,17-21H2,1-4H3,(H,36,41)/t26-/m0/s1. The van der Waals surface area contributed by atoms with Gasteiger partial charge in [-0.25, -0.2) is 14.6 Å². The van der Waals surface area contributed by atoms with Crippen molar-refractivity contribution in [2.45, 2.75) is 52.4 Å². The van der Waals surface area contributed by atoms with Crippen molar-refractivity contribution < 1.29 is 23.9 Å². The monoisotopic (exact) mass is 611 g/mol. The van der Waals surface area contributed by atoms with E-state index in [1.807, 2.05) is 42.5 Å². The van der Waals surface area contributed by atoms with E-state index < -0.39 is 23.9 Å². The zero-order valence-corrected chi connectivity index (χ0v) is 25.9. The van der Waals surface area contributed by atoms with E-state index in [2.05, 4.69) is 34.5 Å². The first-order valence-corrected chi connectivity index (χ1v) is 14.9. The lowest BCUT2D eigenvalue weighted by Crippen LogP contribution is -2.43. The maximum atomic E-state index is 13.9. The molecule has 2 heterocycles. The maximum absolute atomic E-state index is 13.9. The summed E-state index contributed by atoms with van der Waals surface area (Å²) in [5, 5.41) is 2.53. The van der Waals surface area contributed by atoms with Gasteiger partial charge in [-0.1, -0.05) is 50.2 Å². The molecule has 5 aromatic rings. The number of aryl methyl sites for hydroxylation is 1. The summed E-state index contributed by atoms with van der Waals surface area (Å²) < 4.78 is 15.0. The molecule has 5 rings (SSSR count). The van der Waals surface area contributed by atoms with E-state index >= 15 is 0 Å². The lowest BCUT2D eigenvalue weighted by Gasteiger charge is -2.15. The fourth-order valence-corrected chi connectivity index (χ4v) is 5.37. The zero-order valence-electron chi connectivity index (χ0n) is 25.9. The number of fused-ring (bicyclic) bond motifs is 2. The molecule has 0 aliphatic rings. The third-order valence-corrected chi connectivity index (χ3v) is 7.83. The molecule has 0 spiro atoms. The predicted octanol–water partition coefficient (Wildman–Crippen LogP) is 4.13. The number of amides is 1. The van der Waals surface area contributed by atoms with E-state index in [0.29, 0.717) is 12.5 Å². The predicted molar refractivity (Wildman–Crippen MR) is 170 cm³/mol. The van der Waals surface area contributed by atoms with Gasteiger partial charge in [0.25, 0.3) is 5.91 Å². The largest absolute Gasteiger partial charge is 0.469 e. The number of carbonyl (C=O) groups is 3. The van der Waals surface area contributed by atoms with Gasteiger partial charge >= 0.3 is 17.6 Å². The molecule has 3 aromatic carbocycles. The van der Waals surface area contributed by atoms with Gasteiger partial charge in [0.2, 0.25) is 0 Å². The minimum atomic E-state index is -1.18. The van der Waals surface area contributed by atoms with Gasteiger partial charge < -0.3 is 19.4 Å². The number of imidazole rings is 2. The molecule has 2 aromatic heterocycles. The van der Waals surface area contributed by atoms with Gasteiger partial charge in [-0.05, 0) is 54.3 Å². The Hall–Kier alpha value is -5.19. The Kier molecular flexibility index (Phi) is 9.46. The van der Waals surface area contributed by atoms with Crippen molar-refractivity contribution in [2.75, 3.05) is 14.2 Å². The smallest absolute Gasteiger partial charge is 0.329 e. The van der Waals surface area contributed by atoms with Crippen LogP contribution in [0.5, 0.6) is 0 Å². The summed E-state index contributed by atoms with van der Waals surface area (Å²) in [6, 6.07) is 21.3. The first-order valence-electron chi connectivity index (χ1n) is 14.9. The number of hydrogen-bond acceptors (Lipinski definition) is 7. The van der Waals surface area contributed by atoms with E-state index in [9.17, 15) is 19.2 Å². The molecule has 11 heteroatoms. The summed E-state index contributed by atoms with van der Waals surface area (Å²) in [6.07, 6.45) is 0.640. The lowest BCUT2D eigenvalue weighted by atomic mass is 10.1. The number of hydrogen-bond donors (Lipinski definition) is 1. The topological polar surface area (TPSA) is 126 Å². The van der Waals surface area contributed by atoms with Gasteiger partial charge in [0.05, 0.1) is 55.8 Å². The second kappa shape index (κ2) is 13.6. The molecule has 234 valence electrons. The molecule has 0 saturated heterocycles. The highest BCUT2D eigenvalue weighted by Crippen LogP contribution is 2.21. The normalized spacial score (nSPS) is 12.0. The van der Waals surface area contributed by atoms with Crippen LogP contribution in [0.25, 0.3) is 22.1 Å². The second-order valence-corrected chi connectivity index (χ2v) is 11.3. The van der Waals surface area contributed by atoms with E-state index in [1.54, 1.807) is 33.4 Å². The molecular formula is C34H37N5O6. The number of para-hydroxylation sites is 4. The Morgan fingerprint density at radius 3 is 2.04 bits per heavy atom. The van der Waals surface area contributed by atoms with Crippen LogP contribution in [-0.4, -0.2) is 56.8 Å². The van der Waals surface area contributed by atoms with Gasteiger partial charge in [-0.3, -0.25) is 18.7 Å². The molecule has 0 bridgehead atoms. The van der Waals surface area contributed by atoms with Crippen molar-refractivity contribution in [1.29, 1.82) is 0 Å². The van der Waals surface area contributed by atoms with E-state index in [1.165, 1.54) is 14.2 Å². The average Bonchev–Trinajstić information content (AvgIpc) is 3.53. The Balaban J connectivity index is 1.41. The highest BCUT2D eigenvalue weighted by Gasteiger charge is 2.26. The quantitative estimate of drug-likeness (QED) is 0.210. The van der Waals surface area contributed by atoms with E-state index in [4.69, 9.17) is 9.72 Å². The summed E-state index contributed by atoms with van der Waals surface area (Å²) in [5.41, 5.74) is 4.48. The number of esters is 2. The van der Waals surface area contributed by atoms with Gasteiger partial charge in [-0.15, -0.1) is 0 Å². The first kappa shape index (κ1) is 31.2. The highest BCUT2D eigenvalue weighted by molar-refractivity contribution is 5.97. The Morgan fingerprint density at radius 1 is 0.800 bits per heavy atom. The van der Waals surface area contributed by atoms with Crippen molar-refractivity contribution >= 4 is 39.9 Å². The number of nitrogens with one attached hydrogen (secondary N) is 1. The number of aromatic nitrogens is 4. The SMILES string of the molecule is COC(=O)C[C@H](NC(=O)c1ccc(Cn2c(=O)n(Cc3nc4ccccc4n3CCC(C)C)c3ccccc32)cc1)C(=O)OC. The molecular weight excluding hydrogens is 574 g/mol. The van der Waals surface area contributed by atoms with Crippen molar-refractivity contribution in [1.82, 2.24) is 24.0 Å². The van der Waals surface area contributed by atoms with Gasteiger partial charge in [0.15, 0.2) is 0 Å². The lowest BCUT2D eigenvalue weighted by molar-refractivity contribution is -0.149. The molecule has 0 aliphatic heterocycles. The zero-order chi connectivity index (χ0) is 32.1. The fourth-order valence-electron chi connectivity index (χ4n) is 5.37.